The monoisotopic (exact) mass is 153 g/mol. The van der Waals surface area contributed by atoms with E-state index < -0.39 is 0 Å². The zero-order valence-electron chi connectivity index (χ0n) is 7.21. The predicted octanol–water partition coefficient (Wildman–Crippen LogP) is 2.20. The molecule has 0 saturated heterocycles. The molecule has 2 aliphatic rings. The number of rotatable bonds is 1. The van der Waals surface area contributed by atoms with Crippen molar-refractivity contribution in [3.05, 3.63) is 0 Å². The van der Waals surface area contributed by atoms with Crippen molar-refractivity contribution in [1.82, 2.24) is 0 Å². The first-order valence-electron chi connectivity index (χ1n) is 4.52. The summed E-state index contributed by atoms with van der Waals surface area (Å²) in [5.74, 6) is 1.23. The molecule has 0 spiro atoms. The van der Waals surface area contributed by atoms with E-state index in [2.05, 4.69) is 19.0 Å². The summed E-state index contributed by atoms with van der Waals surface area (Å²) in [4.78, 5) is 5.34. The molecule has 2 heteroatoms. The van der Waals surface area contributed by atoms with Crippen molar-refractivity contribution in [3.8, 4) is 0 Å². The van der Waals surface area contributed by atoms with Gasteiger partial charge >= 0.3 is 0 Å². The second-order valence-corrected chi connectivity index (χ2v) is 3.85. The van der Waals surface area contributed by atoms with Crippen molar-refractivity contribution in [2.24, 2.45) is 17.0 Å². The SMILES string of the molecule is CC(C)C1=NO[C@H]2CCC[C@@H]12. The van der Waals surface area contributed by atoms with Crippen LogP contribution in [0.1, 0.15) is 33.1 Å². The fraction of sp³-hybridized carbons (Fsp3) is 0.889. The van der Waals surface area contributed by atoms with Gasteiger partial charge in [0.15, 0.2) is 0 Å². The highest BCUT2D eigenvalue weighted by Gasteiger charge is 2.38. The van der Waals surface area contributed by atoms with Crippen LogP contribution in [-0.4, -0.2) is 11.8 Å². The Hall–Kier alpha value is -0.530. The molecule has 0 aromatic rings. The lowest BCUT2D eigenvalue weighted by Gasteiger charge is -2.10. The van der Waals surface area contributed by atoms with E-state index in [1.54, 1.807) is 0 Å². The van der Waals surface area contributed by atoms with Gasteiger partial charge in [0.05, 0.1) is 5.71 Å². The Bertz CT molecular complexity index is 186. The van der Waals surface area contributed by atoms with Gasteiger partial charge < -0.3 is 4.84 Å². The fourth-order valence-corrected chi connectivity index (χ4v) is 2.12. The average molecular weight is 153 g/mol. The minimum Gasteiger partial charge on any atom is -0.392 e. The molecule has 0 unspecified atom stereocenters. The largest absolute Gasteiger partial charge is 0.392 e. The van der Waals surface area contributed by atoms with Crippen molar-refractivity contribution in [3.63, 3.8) is 0 Å². The van der Waals surface area contributed by atoms with Gasteiger partial charge in [0.25, 0.3) is 0 Å². The average Bonchev–Trinajstić information content (AvgIpc) is 2.41. The smallest absolute Gasteiger partial charge is 0.135 e. The van der Waals surface area contributed by atoms with Gasteiger partial charge in [-0.2, -0.15) is 0 Å². The van der Waals surface area contributed by atoms with E-state index in [4.69, 9.17) is 4.84 Å². The Kier molecular flexibility index (Phi) is 1.63. The van der Waals surface area contributed by atoms with Crippen molar-refractivity contribution >= 4 is 5.71 Å². The van der Waals surface area contributed by atoms with Crippen LogP contribution in [0.4, 0.5) is 0 Å². The van der Waals surface area contributed by atoms with Crippen LogP contribution < -0.4 is 0 Å². The first-order chi connectivity index (χ1) is 5.29. The Morgan fingerprint density at radius 3 is 3.00 bits per heavy atom. The van der Waals surface area contributed by atoms with Crippen LogP contribution in [0.15, 0.2) is 5.16 Å². The predicted molar refractivity (Wildman–Crippen MR) is 44.5 cm³/mol. The molecule has 2 nitrogen and oxygen atoms in total. The summed E-state index contributed by atoms with van der Waals surface area (Å²) < 4.78 is 0. The highest BCUT2D eigenvalue weighted by atomic mass is 16.6. The molecule has 0 radical (unpaired) electrons. The molecule has 1 aliphatic heterocycles. The van der Waals surface area contributed by atoms with Gasteiger partial charge in [0.2, 0.25) is 0 Å². The molecule has 2 atom stereocenters. The first-order valence-corrected chi connectivity index (χ1v) is 4.52. The molecule has 0 aromatic carbocycles. The van der Waals surface area contributed by atoms with E-state index in [0.29, 0.717) is 17.9 Å². The summed E-state index contributed by atoms with van der Waals surface area (Å²) in [6.45, 7) is 4.39. The minimum atomic E-state index is 0.437. The van der Waals surface area contributed by atoms with Gasteiger partial charge in [-0.3, -0.25) is 0 Å². The summed E-state index contributed by atoms with van der Waals surface area (Å²) in [5, 5.41) is 4.14. The van der Waals surface area contributed by atoms with Gasteiger partial charge in [-0.1, -0.05) is 19.0 Å². The Morgan fingerprint density at radius 2 is 2.27 bits per heavy atom. The maximum atomic E-state index is 5.34. The summed E-state index contributed by atoms with van der Waals surface area (Å²) in [6, 6.07) is 0. The Labute approximate surface area is 67.6 Å². The molecule has 1 saturated carbocycles. The van der Waals surface area contributed by atoms with Crippen LogP contribution in [0.5, 0.6) is 0 Å². The van der Waals surface area contributed by atoms with Crippen LogP contribution in [0.25, 0.3) is 0 Å². The Morgan fingerprint density at radius 1 is 1.45 bits per heavy atom. The lowest BCUT2D eigenvalue weighted by Crippen LogP contribution is -2.20. The molecule has 0 bridgehead atoms. The van der Waals surface area contributed by atoms with Crippen molar-refractivity contribution in [1.29, 1.82) is 0 Å². The molecular weight excluding hydrogens is 138 g/mol. The highest BCUT2D eigenvalue weighted by molar-refractivity contribution is 5.89. The molecule has 1 aliphatic carbocycles. The van der Waals surface area contributed by atoms with Gasteiger partial charge in [-0.15, -0.1) is 0 Å². The van der Waals surface area contributed by atoms with E-state index in [-0.39, 0.29) is 0 Å². The molecular formula is C9H15NO. The van der Waals surface area contributed by atoms with E-state index in [0.717, 1.165) is 0 Å². The fourth-order valence-electron chi connectivity index (χ4n) is 2.12. The van der Waals surface area contributed by atoms with E-state index in [9.17, 15) is 0 Å². The summed E-state index contributed by atoms with van der Waals surface area (Å²) >= 11 is 0. The standard InChI is InChI=1S/C9H15NO/c1-6(2)9-7-4-3-5-8(7)11-10-9/h6-8H,3-5H2,1-2H3/t7-,8+/m1/s1. The Balaban J connectivity index is 2.12. The molecule has 1 heterocycles. The van der Waals surface area contributed by atoms with Crippen molar-refractivity contribution < 1.29 is 4.84 Å². The number of fused-ring (bicyclic) bond motifs is 1. The molecule has 11 heavy (non-hydrogen) atoms. The quantitative estimate of drug-likeness (QED) is 0.566. The second-order valence-electron chi connectivity index (χ2n) is 3.85. The van der Waals surface area contributed by atoms with E-state index in [1.807, 2.05) is 0 Å². The van der Waals surface area contributed by atoms with Crippen LogP contribution >= 0.6 is 0 Å². The van der Waals surface area contributed by atoms with E-state index >= 15 is 0 Å². The van der Waals surface area contributed by atoms with Gasteiger partial charge in [-0.05, 0) is 25.2 Å². The van der Waals surface area contributed by atoms with Crippen LogP contribution in [0.2, 0.25) is 0 Å². The van der Waals surface area contributed by atoms with Crippen molar-refractivity contribution in [2.45, 2.75) is 39.2 Å². The lowest BCUT2D eigenvalue weighted by molar-refractivity contribution is 0.0746. The van der Waals surface area contributed by atoms with Crippen molar-refractivity contribution in [2.75, 3.05) is 0 Å². The zero-order chi connectivity index (χ0) is 7.84. The number of hydrogen-bond acceptors (Lipinski definition) is 2. The topological polar surface area (TPSA) is 21.6 Å². The molecule has 0 amide bonds. The van der Waals surface area contributed by atoms with Gasteiger partial charge in [0, 0.05) is 5.92 Å². The molecule has 2 rings (SSSR count). The third kappa shape index (κ3) is 1.05. The molecule has 0 N–H and O–H groups in total. The van der Waals surface area contributed by atoms with Gasteiger partial charge in [0.1, 0.15) is 6.10 Å². The van der Waals surface area contributed by atoms with Crippen LogP contribution in [0, 0.1) is 11.8 Å². The summed E-state index contributed by atoms with van der Waals surface area (Å²) in [7, 11) is 0. The number of oxime groups is 1. The second kappa shape index (κ2) is 2.50. The maximum absolute atomic E-state index is 5.34. The molecule has 1 fully saturated rings. The number of hydrogen-bond donors (Lipinski definition) is 0. The van der Waals surface area contributed by atoms with E-state index in [1.165, 1.54) is 25.0 Å². The number of nitrogens with zero attached hydrogens (tertiary/aromatic N) is 1. The normalized spacial score (nSPS) is 35.4. The van der Waals surface area contributed by atoms with Gasteiger partial charge in [-0.25, -0.2) is 0 Å². The van der Waals surface area contributed by atoms with Crippen LogP contribution in [-0.2, 0) is 4.84 Å². The maximum Gasteiger partial charge on any atom is 0.135 e. The minimum absolute atomic E-state index is 0.437. The third-order valence-corrected chi connectivity index (χ3v) is 2.72. The summed E-state index contributed by atoms with van der Waals surface area (Å²) in [5.41, 5.74) is 1.30. The zero-order valence-corrected chi connectivity index (χ0v) is 7.21. The first kappa shape index (κ1) is 7.14. The van der Waals surface area contributed by atoms with Crippen LogP contribution in [0.3, 0.4) is 0 Å². The third-order valence-electron chi connectivity index (χ3n) is 2.72. The highest BCUT2D eigenvalue weighted by Crippen LogP contribution is 2.35. The summed E-state index contributed by atoms with van der Waals surface area (Å²) in [6.07, 6.45) is 4.26. The lowest BCUT2D eigenvalue weighted by atomic mass is 9.92. The molecule has 62 valence electrons. The molecule has 0 aromatic heterocycles.